The first kappa shape index (κ1) is 12.8. The maximum Gasteiger partial charge on any atom is 0.161 e. The Labute approximate surface area is 114 Å². The van der Waals surface area contributed by atoms with Crippen molar-refractivity contribution in [2.75, 3.05) is 33.3 Å². The standard InChI is InChI=1S/C15H22N2O2/c1-17(9-12-5-4-8-16-12)10-13-11-18-14-6-2-3-7-15(14)19-13/h2-3,6-7,12-13,16H,4-5,8-11H2,1H3. The summed E-state index contributed by atoms with van der Waals surface area (Å²) in [5.41, 5.74) is 0. The molecule has 0 aromatic heterocycles. The van der Waals surface area contributed by atoms with Gasteiger partial charge in [-0.3, -0.25) is 0 Å². The van der Waals surface area contributed by atoms with Gasteiger partial charge in [0.25, 0.3) is 0 Å². The van der Waals surface area contributed by atoms with Gasteiger partial charge >= 0.3 is 0 Å². The minimum Gasteiger partial charge on any atom is -0.486 e. The maximum absolute atomic E-state index is 5.98. The highest BCUT2D eigenvalue weighted by Gasteiger charge is 2.23. The molecule has 19 heavy (non-hydrogen) atoms. The van der Waals surface area contributed by atoms with Crippen molar-refractivity contribution in [1.29, 1.82) is 0 Å². The summed E-state index contributed by atoms with van der Waals surface area (Å²) in [6, 6.07) is 8.52. The molecule has 1 saturated heterocycles. The first-order chi connectivity index (χ1) is 9.31. The molecule has 4 heteroatoms. The molecule has 4 nitrogen and oxygen atoms in total. The fraction of sp³-hybridized carbons (Fsp3) is 0.600. The van der Waals surface area contributed by atoms with E-state index in [9.17, 15) is 0 Å². The fourth-order valence-corrected chi connectivity index (χ4v) is 2.86. The van der Waals surface area contributed by atoms with Gasteiger partial charge in [0.2, 0.25) is 0 Å². The Hall–Kier alpha value is -1.26. The van der Waals surface area contributed by atoms with Gasteiger partial charge in [-0.05, 0) is 38.6 Å². The Morgan fingerprint density at radius 2 is 2.11 bits per heavy atom. The van der Waals surface area contributed by atoms with Crippen LogP contribution < -0.4 is 14.8 Å². The number of nitrogens with zero attached hydrogens (tertiary/aromatic N) is 1. The van der Waals surface area contributed by atoms with E-state index in [1.165, 1.54) is 12.8 Å². The van der Waals surface area contributed by atoms with Crippen LogP contribution in [0.3, 0.4) is 0 Å². The van der Waals surface area contributed by atoms with E-state index in [-0.39, 0.29) is 6.10 Å². The number of benzene rings is 1. The minimum absolute atomic E-state index is 0.126. The summed E-state index contributed by atoms with van der Waals surface area (Å²) in [5, 5.41) is 3.53. The summed E-state index contributed by atoms with van der Waals surface area (Å²) < 4.78 is 11.7. The second kappa shape index (κ2) is 5.80. The van der Waals surface area contributed by atoms with Crippen molar-refractivity contribution >= 4 is 0 Å². The van der Waals surface area contributed by atoms with Gasteiger partial charge in [-0.15, -0.1) is 0 Å². The van der Waals surface area contributed by atoms with Gasteiger partial charge < -0.3 is 19.7 Å². The summed E-state index contributed by atoms with van der Waals surface area (Å²) in [6.45, 7) is 3.79. The van der Waals surface area contributed by atoms with E-state index in [2.05, 4.69) is 17.3 Å². The van der Waals surface area contributed by atoms with Gasteiger partial charge in [-0.25, -0.2) is 0 Å². The third kappa shape index (κ3) is 3.19. The largest absolute Gasteiger partial charge is 0.486 e. The van der Waals surface area contributed by atoms with Crippen molar-refractivity contribution in [3.05, 3.63) is 24.3 Å². The second-order valence-electron chi connectivity index (χ2n) is 5.51. The number of ether oxygens (including phenoxy) is 2. The summed E-state index contributed by atoms with van der Waals surface area (Å²) in [4.78, 5) is 2.34. The van der Waals surface area contributed by atoms with Gasteiger partial charge in [0.1, 0.15) is 12.7 Å². The zero-order chi connectivity index (χ0) is 13.1. The Bertz CT molecular complexity index is 418. The molecule has 0 radical (unpaired) electrons. The number of fused-ring (bicyclic) bond motifs is 1. The number of hydrogen-bond acceptors (Lipinski definition) is 4. The van der Waals surface area contributed by atoms with Crippen LogP contribution in [0.25, 0.3) is 0 Å². The van der Waals surface area contributed by atoms with E-state index in [1.54, 1.807) is 0 Å². The molecule has 2 unspecified atom stereocenters. The average molecular weight is 262 g/mol. The lowest BCUT2D eigenvalue weighted by atomic mass is 10.2. The number of nitrogens with one attached hydrogen (secondary N) is 1. The predicted octanol–water partition coefficient (Wildman–Crippen LogP) is 1.51. The molecular formula is C15H22N2O2. The molecule has 2 aliphatic rings. The van der Waals surface area contributed by atoms with Crippen LogP contribution in [0.2, 0.25) is 0 Å². The van der Waals surface area contributed by atoms with Gasteiger partial charge in [0, 0.05) is 19.1 Å². The van der Waals surface area contributed by atoms with Crippen molar-refractivity contribution in [3.8, 4) is 11.5 Å². The summed E-state index contributed by atoms with van der Waals surface area (Å²) in [7, 11) is 2.16. The van der Waals surface area contributed by atoms with Crippen LogP contribution in [0, 0.1) is 0 Å². The topological polar surface area (TPSA) is 33.7 Å². The van der Waals surface area contributed by atoms with Crippen molar-refractivity contribution < 1.29 is 9.47 Å². The Morgan fingerprint density at radius 3 is 2.89 bits per heavy atom. The molecule has 104 valence electrons. The molecule has 2 heterocycles. The van der Waals surface area contributed by atoms with E-state index in [4.69, 9.17) is 9.47 Å². The highest BCUT2D eigenvalue weighted by molar-refractivity contribution is 5.40. The second-order valence-corrected chi connectivity index (χ2v) is 5.51. The fourth-order valence-electron chi connectivity index (χ4n) is 2.86. The molecule has 0 aliphatic carbocycles. The van der Waals surface area contributed by atoms with Gasteiger partial charge in [0.15, 0.2) is 11.5 Å². The first-order valence-electron chi connectivity index (χ1n) is 7.11. The van der Waals surface area contributed by atoms with E-state index in [1.807, 2.05) is 24.3 Å². The highest BCUT2D eigenvalue weighted by atomic mass is 16.6. The quantitative estimate of drug-likeness (QED) is 0.892. The Balaban J connectivity index is 1.51. The lowest BCUT2D eigenvalue weighted by Gasteiger charge is -2.30. The maximum atomic E-state index is 5.98. The molecule has 0 saturated carbocycles. The summed E-state index contributed by atoms with van der Waals surface area (Å²) >= 11 is 0. The number of para-hydroxylation sites is 2. The molecule has 3 rings (SSSR count). The molecule has 0 spiro atoms. The van der Waals surface area contributed by atoms with Crippen LogP contribution in [0.15, 0.2) is 24.3 Å². The number of likely N-dealkylation sites (N-methyl/N-ethyl adjacent to an activating group) is 1. The summed E-state index contributed by atoms with van der Waals surface area (Å²) in [6.07, 6.45) is 2.71. The molecule has 2 atom stereocenters. The van der Waals surface area contributed by atoms with Crippen molar-refractivity contribution in [3.63, 3.8) is 0 Å². The Kier molecular flexibility index (Phi) is 3.89. The van der Waals surface area contributed by atoms with Crippen LogP contribution in [0.5, 0.6) is 11.5 Å². The molecule has 2 aliphatic heterocycles. The van der Waals surface area contributed by atoms with Gasteiger partial charge in [0.05, 0.1) is 0 Å². The van der Waals surface area contributed by atoms with E-state index in [0.717, 1.165) is 31.1 Å². The SMILES string of the molecule is CN(CC1CCCN1)CC1COc2ccccc2O1. The van der Waals surface area contributed by atoms with E-state index >= 15 is 0 Å². The van der Waals surface area contributed by atoms with Crippen molar-refractivity contribution in [2.24, 2.45) is 0 Å². The molecule has 0 amide bonds. The van der Waals surface area contributed by atoms with Crippen molar-refractivity contribution in [2.45, 2.75) is 25.0 Å². The van der Waals surface area contributed by atoms with Crippen LogP contribution in [0.4, 0.5) is 0 Å². The Morgan fingerprint density at radius 1 is 1.26 bits per heavy atom. The van der Waals surface area contributed by atoms with Crippen LogP contribution in [-0.2, 0) is 0 Å². The van der Waals surface area contributed by atoms with Gasteiger partial charge in [-0.2, -0.15) is 0 Å². The van der Waals surface area contributed by atoms with Gasteiger partial charge in [-0.1, -0.05) is 12.1 Å². The lowest BCUT2D eigenvalue weighted by molar-refractivity contribution is 0.0637. The normalized spacial score (nSPS) is 25.8. The highest BCUT2D eigenvalue weighted by Crippen LogP contribution is 2.30. The zero-order valence-corrected chi connectivity index (χ0v) is 11.5. The zero-order valence-electron chi connectivity index (χ0n) is 11.5. The predicted molar refractivity (Wildman–Crippen MR) is 74.9 cm³/mol. The smallest absolute Gasteiger partial charge is 0.161 e. The first-order valence-corrected chi connectivity index (χ1v) is 7.11. The third-order valence-electron chi connectivity index (χ3n) is 3.78. The molecule has 1 aromatic carbocycles. The van der Waals surface area contributed by atoms with Crippen LogP contribution >= 0.6 is 0 Å². The molecular weight excluding hydrogens is 240 g/mol. The van der Waals surface area contributed by atoms with Crippen LogP contribution in [-0.4, -0.2) is 50.3 Å². The number of rotatable bonds is 4. The average Bonchev–Trinajstić information content (AvgIpc) is 2.91. The minimum atomic E-state index is 0.126. The monoisotopic (exact) mass is 262 g/mol. The molecule has 1 fully saturated rings. The van der Waals surface area contributed by atoms with Crippen molar-refractivity contribution in [1.82, 2.24) is 10.2 Å². The van der Waals surface area contributed by atoms with E-state index < -0.39 is 0 Å². The lowest BCUT2D eigenvalue weighted by Crippen LogP contribution is -2.43. The summed E-state index contributed by atoms with van der Waals surface area (Å²) in [5.74, 6) is 1.73. The third-order valence-corrected chi connectivity index (χ3v) is 3.78. The number of hydrogen-bond donors (Lipinski definition) is 1. The molecule has 0 bridgehead atoms. The molecule has 1 aromatic rings. The van der Waals surface area contributed by atoms with Crippen LogP contribution in [0.1, 0.15) is 12.8 Å². The molecule has 1 N–H and O–H groups in total. The van der Waals surface area contributed by atoms with E-state index in [0.29, 0.717) is 12.6 Å².